The lowest BCUT2D eigenvalue weighted by Crippen LogP contribution is -2.39. The Morgan fingerprint density at radius 3 is 2.80 bits per heavy atom. The van der Waals surface area contributed by atoms with E-state index in [2.05, 4.69) is 10.6 Å². The zero-order chi connectivity index (χ0) is 6.97. The van der Waals surface area contributed by atoms with Crippen LogP contribution in [0.5, 0.6) is 0 Å². The first-order chi connectivity index (χ1) is 4.86. The van der Waals surface area contributed by atoms with Crippen LogP contribution in [0.25, 0.3) is 0 Å². The van der Waals surface area contributed by atoms with E-state index in [4.69, 9.17) is 11.6 Å². The van der Waals surface area contributed by atoms with Crippen molar-refractivity contribution in [2.24, 2.45) is 0 Å². The van der Waals surface area contributed by atoms with Gasteiger partial charge in [-0.25, -0.2) is 0 Å². The van der Waals surface area contributed by atoms with Crippen LogP contribution < -0.4 is 10.6 Å². The van der Waals surface area contributed by atoms with E-state index in [9.17, 15) is 0 Å². The van der Waals surface area contributed by atoms with E-state index in [1.807, 2.05) is 0 Å². The lowest BCUT2D eigenvalue weighted by molar-refractivity contribution is 0.378. The second-order valence-corrected chi connectivity index (χ2v) is 3.83. The highest BCUT2D eigenvalue weighted by molar-refractivity contribution is 6.20. The number of halogens is 1. The van der Waals surface area contributed by atoms with Crippen LogP contribution in [0.15, 0.2) is 0 Å². The summed E-state index contributed by atoms with van der Waals surface area (Å²) in [5.74, 6) is 0. The molecule has 0 aromatic heterocycles. The minimum absolute atomic E-state index is 0.411. The Hall–Kier alpha value is 0.210. The SMILES string of the molecule is ClC1CCC2NCNC2C1. The van der Waals surface area contributed by atoms with Gasteiger partial charge in [0.1, 0.15) is 0 Å². The van der Waals surface area contributed by atoms with Gasteiger partial charge in [0.2, 0.25) is 0 Å². The third-order valence-electron chi connectivity index (χ3n) is 2.51. The molecule has 10 heavy (non-hydrogen) atoms. The van der Waals surface area contributed by atoms with Crippen LogP contribution in [0.4, 0.5) is 0 Å². The van der Waals surface area contributed by atoms with Gasteiger partial charge in [0, 0.05) is 24.1 Å². The van der Waals surface area contributed by atoms with E-state index in [0.717, 1.165) is 13.1 Å². The molecule has 0 radical (unpaired) electrons. The molecule has 1 aliphatic heterocycles. The van der Waals surface area contributed by atoms with E-state index in [1.165, 1.54) is 12.8 Å². The smallest absolute Gasteiger partial charge is 0.0459 e. The van der Waals surface area contributed by atoms with Crippen molar-refractivity contribution in [3.63, 3.8) is 0 Å². The Balaban J connectivity index is 1.96. The Kier molecular flexibility index (Phi) is 1.85. The van der Waals surface area contributed by atoms with Gasteiger partial charge in [-0.3, -0.25) is 0 Å². The summed E-state index contributed by atoms with van der Waals surface area (Å²) >= 11 is 6.02. The highest BCUT2D eigenvalue weighted by atomic mass is 35.5. The second kappa shape index (κ2) is 2.68. The van der Waals surface area contributed by atoms with Crippen LogP contribution in [0, 0.1) is 0 Å². The van der Waals surface area contributed by atoms with Crippen molar-refractivity contribution >= 4 is 11.6 Å². The fourth-order valence-electron chi connectivity index (χ4n) is 1.91. The van der Waals surface area contributed by atoms with Crippen molar-refractivity contribution in [1.29, 1.82) is 0 Å². The maximum atomic E-state index is 6.02. The molecule has 1 saturated carbocycles. The number of fused-ring (bicyclic) bond motifs is 1. The summed E-state index contributed by atoms with van der Waals surface area (Å²) in [6.07, 6.45) is 3.56. The number of alkyl halides is 1. The molecule has 1 aliphatic carbocycles. The molecule has 58 valence electrons. The molecule has 1 heterocycles. The minimum Gasteiger partial charge on any atom is -0.300 e. The highest BCUT2D eigenvalue weighted by Crippen LogP contribution is 2.24. The van der Waals surface area contributed by atoms with E-state index in [1.54, 1.807) is 0 Å². The van der Waals surface area contributed by atoms with Crippen LogP contribution in [0.3, 0.4) is 0 Å². The van der Waals surface area contributed by atoms with Crippen LogP contribution in [-0.2, 0) is 0 Å². The quantitative estimate of drug-likeness (QED) is 0.509. The van der Waals surface area contributed by atoms with Gasteiger partial charge in [-0.2, -0.15) is 0 Å². The number of hydrogen-bond acceptors (Lipinski definition) is 2. The third-order valence-corrected chi connectivity index (χ3v) is 2.91. The summed E-state index contributed by atoms with van der Waals surface area (Å²) < 4.78 is 0. The maximum absolute atomic E-state index is 6.02. The van der Waals surface area contributed by atoms with Gasteiger partial charge in [-0.05, 0) is 19.3 Å². The molecule has 3 unspecified atom stereocenters. The van der Waals surface area contributed by atoms with Crippen LogP contribution in [0.2, 0.25) is 0 Å². The predicted molar refractivity (Wildman–Crippen MR) is 42.2 cm³/mol. The zero-order valence-electron chi connectivity index (χ0n) is 5.94. The largest absolute Gasteiger partial charge is 0.300 e. The van der Waals surface area contributed by atoms with E-state index < -0.39 is 0 Å². The fourth-order valence-corrected chi connectivity index (χ4v) is 2.23. The molecular weight excluding hydrogens is 148 g/mol. The van der Waals surface area contributed by atoms with Crippen molar-refractivity contribution in [3.8, 4) is 0 Å². The van der Waals surface area contributed by atoms with E-state index in [-0.39, 0.29) is 0 Å². The molecule has 0 aromatic carbocycles. The molecule has 2 fully saturated rings. The Labute approximate surface area is 66.3 Å². The van der Waals surface area contributed by atoms with Crippen LogP contribution >= 0.6 is 11.6 Å². The summed E-state index contributed by atoms with van der Waals surface area (Å²) in [6.45, 7) is 0.971. The molecule has 2 aliphatic rings. The molecule has 1 saturated heterocycles. The summed E-state index contributed by atoms with van der Waals surface area (Å²) in [7, 11) is 0. The van der Waals surface area contributed by atoms with Crippen LogP contribution in [0.1, 0.15) is 19.3 Å². The van der Waals surface area contributed by atoms with Gasteiger partial charge in [-0.1, -0.05) is 0 Å². The Morgan fingerprint density at radius 1 is 1.10 bits per heavy atom. The number of hydrogen-bond donors (Lipinski definition) is 2. The van der Waals surface area contributed by atoms with Gasteiger partial charge < -0.3 is 10.6 Å². The molecule has 2 nitrogen and oxygen atoms in total. The van der Waals surface area contributed by atoms with Gasteiger partial charge in [-0.15, -0.1) is 11.6 Å². The molecule has 0 spiro atoms. The molecule has 2 N–H and O–H groups in total. The first-order valence-electron chi connectivity index (χ1n) is 3.97. The maximum Gasteiger partial charge on any atom is 0.0459 e. The Morgan fingerprint density at radius 2 is 1.90 bits per heavy atom. The first-order valence-corrected chi connectivity index (χ1v) is 4.41. The minimum atomic E-state index is 0.411. The topological polar surface area (TPSA) is 24.1 Å². The Bertz CT molecular complexity index is 129. The van der Waals surface area contributed by atoms with E-state index >= 15 is 0 Å². The number of rotatable bonds is 0. The molecule has 3 atom stereocenters. The highest BCUT2D eigenvalue weighted by Gasteiger charge is 2.32. The van der Waals surface area contributed by atoms with Gasteiger partial charge in [0.25, 0.3) is 0 Å². The average Bonchev–Trinajstić information content (AvgIpc) is 2.33. The van der Waals surface area contributed by atoms with Gasteiger partial charge >= 0.3 is 0 Å². The first kappa shape index (κ1) is 6.89. The molecule has 2 rings (SSSR count). The summed E-state index contributed by atoms with van der Waals surface area (Å²) in [4.78, 5) is 0. The standard InChI is InChI=1S/C7H13ClN2/c8-5-1-2-6-7(3-5)10-4-9-6/h5-7,9-10H,1-4H2. The van der Waals surface area contributed by atoms with Gasteiger partial charge in [0.05, 0.1) is 0 Å². The van der Waals surface area contributed by atoms with Crippen molar-refractivity contribution in [1.82, 2.24) is 10.6 Å². The summed E-state index contributed by atoms with van der Waals surface area (Å²) in [5, 5.41) is 7.21. The van der Waals surface area contributed by atoms with Crippen molar-refractivity contribution < 1.29 is 0 Å². The molecule has 3 heteroatoms. The van der Waals surface area contributed by atoms with Crippen molar-refractivity contribution in [2.75, 3.05) is 6.67 Å². The van der Waals surface area contributed by atoms with E-state index in [0.29, 0.717) is 17.5 Å². The molecule has 0 aromatic rings. The fraction of sp³-hybridized carbons (Fsp3) is 1.00. The average molecular weight is 161 g/mol. The second-order valence-electron chi connectivity index (χ2n) is 3.21. The van der Waals surface area contributed by atoms with Crippen LogP contribution in [-0.4, -0.2) is 24.1 Å². The lowest BCUT2D eigenvalue weighted by Gasteiger charge is -2.27. The normalized spacial score (nSPS) is 47.1. The molecular formula is C7H13ClN2. The third kappa shape index (κ3) is 1.16. The summed E-state index contributed by atoms with van der Waals surface area (Å²) in [6, 6.07) is 1.35. The monoisotopic (exact) mass is 160 g/mol. The lowest BCUT2D eigenvalue weighted by atomic mass is 9.91. The van der Waals surface area contributed by atoms with Crippen molar-refractivity contribution in [2.45, 2.75) is 36.7 Å². The molecule has 0 amide bonds. The molecule has 0 bridgehead atoms. The predicted octanol–water partition coefficient (Wildman–Crippen LogP) is 0.665. The summed E-state index contributed by atoms with van der Waals surface area (Å²) in [5.41, 5.74) is 0. The zero-order valence-corrected chi connectivity index (χ0v) is 6.69. The van der Waals surface area contributed by atoms with Gasteiger partial charge in [0.15, 0.2) is 0 Å². The van der Waals surface area contributed by atoms with Crippen molar-refractivity contribution in [3.05, 3.63) is 0 Å². The number of nitrogens with one attached hydrogen (secondary N) is 2.